The van der Waals surface area contributed by atoms with Crippen LogP contribution < -0.4 is 0 Å². The predicted molar refractivity (Wildman–Crippen MR) is 69.3 cm³/mol. The predicted octanol–water partition coefficient (Wildman–Crippen LogP) is 2.65. The molecule has 2 aromatic rings. The van der Waals surface area contributed by atoms with Crippen molar-refractivity contribution in [3.63, 3.8) is 0 Å². The van der Waals surface area contributed by atoms with Crippen LogP contribution >= 0.6 is 0 Å². The van der Waals surface area contributed by atoms with Crippen LogP contribution in [0.4, 0.5) is 0 Å². The topological polar surface area (TPSA) is 47.1 Å². The maximum absolute atomic E-state index is 5.76. The molecule has 0 bridgehead atoms. The van der Waals surface area contributed by atoms with Gasteiger partial charge in [0, 0.05) is 24.4 Å². The van der Waals surface area contributed by atoms with Gasteiger partial charge in [0.05, 0.1) is 6.61 Å². The van der Waals surface area contributed by atoms with Crippen molar-refractivity contribution in [3.8, 4) is 0 Å². The largest absolute Gasteiger partial charge is 0.353 e. The minimum Gasteiger partial charge on any atom is -0.353 e. The van der Waals surface area contributed by atoms with Crippen LogP contribution in [-0.4, -0.2) is 29.5 Å². The van der Waals surface area contributed by atoms with Crippen LogP contribution in [0.3, 0.4) is 0 Å². The summed E-state index contributed by atoms with van der Waals surface area (Å²) in [5.74, 6) is 0. The smallest absolute Gasteiger partial charge is 0.157 e. The number of aromatic nitrogens is 2. The minimum atomic E-state index is 0.00213. The van der Waals surface area contributed by atoms with Gasteiger partial charge in [-0.1, -0.05) is 0 Å². The van der Waals surface area contributed by atoms with Crippen molar-refractivity contribution in [2.75, 3.05) is 13.2 Å². The van der Waals surface area contributed by atoms with Gasteiger partial charge >= 0.3 is 0 Å². The number of aromatic amines is 1. The van der Waals surface area contributed by atoms with E-state index in [1.165, 1.54) is 17.4 Å². The lowest BCUT2D eigenvalue weighted by Gasteiger charge is -2.22. The molecule has 18 heavy (non-hydrogen) atoms. The van der Waals surface area contributed by atoms with E-state index in [9.17, 15) is 0 Å². The first-order valence-electron chi connectivity index (χ1n) is 6.58. The fraction of sp³-hybridized carbons (Fsp3) is 0.500. The van der Waals surface area contributed by atoms with Crippen LogP contribution in [0.2, 0.25) is 0 Å². The molecule has 1 aliphatic rings. The quantitative estimate of drug-likeness (QED) is 0.902. The summed E-state index contributed by atoms with van der Waals surface area (Å²) in [5, 5.41) is 1.19. The van der Waals surface area contributed by atoms with E-state index in [-0.39, 0.29) is 6.29 Å². The zero-order valence-electron chi connectivity index (χ0n) is 10.4. The third-order valence-corrected chi connectivity index (χ3v) is 3.36. The number of hydrogen-bond acceptors (Lipinski definition) is 3. The number of nitrogens with one attached hydrogen (secondary N) is 1. The van der Waals surface area contributed by atoms with Crippen LogP contribution in [0.25, 0.3) is 11.0 Å². The fourth-order valence-electron chi connectivity index (χ4n) is 2.38. The van der Waals surface area contributed by atoms with Gasteiger partial charge in [0.1, 0.15) is 5.65 Å². The maximum Gasteiger partial charge on any atom is 0.157 e. The van der Waals surface area contributed by atoms with Crippen LogP contribution in [-0.2, 0) is 15.9 Å². The molecule has 1 saturated heterocycles. The van der Waals surface area contributed by atoms with Gasteiger partial charge in [0.2, 0.25) is 0 Å². The second-order valence-electron chi connectivity index (χ2n) is 4.63. The third kappa shape index (κ3) is 2.54. The van der Waals surface area contributed by atoms with Crippen molar-refractivity contribution in [3.05, 3.63) is 30.1 Å². The summed E-state index contributed by atoms with van der Waals surface area (Å²) in [6.07, 6.45) is 8.06. The normalized spacial score (nSPS) is 20.3. The molecule has 1 N–H and O–H groups in total. The first-order valence-corrected chi connectivity index (χ1v) is 6.58. The van der Waals surface area contributed by atoms with Gasteiger partial charge in [0.25, 0.3) is 0 Å². The van der Waals surface area contributed by atoms with Crippen LogP contribution in [0.1, 0.15) is 24.8 Å². The van der Waals surface area contributed by atoms with Gasteiger partial charge in [-0.2, -0.15) is 0 Å². The summed E-state index contributed by atoms with van der Waals surface area (Å²) < 4.78 is 11.3. The van der Waals surface area contributed by atoms with Gasteiger partial charge in [-0.15, -0.1) is 0 Å². The highest BCUT2D eigenvalue weighted by molar-refractivity contribution is 5.79. The number of H-pyrrole nitrogens is 1. The molecular weight excluding hydrogens is 228 g/mol. The Kier molecular flexibility index (Phi) is 3.57. The lowest BCUT2D eigenvalue weighted by molar-refractivity contribution is -0.161. The number of nitrogens with zero attached hydrogens (tertiary/aromatic N) is 1. The average Bonchev–Trinajstić information content (AvgIpc) is 2.89. The van der Waals surface area contributed by atoms with E-state index in [4.69, 9.17) is 9.47 Å². The molecule has 0 radical (unpaired) electrons. The van der Waals surface area contributed by atoms with E-state index in [2.05, 4.69) is 22.1 Å². The molecule has 3 rings (SSSR count). The molecule has 0 amide bonds. The second kappa shape index (κ2) is 5.50. The Labute approximate surface area is 106 Å². The molecule has 0 saturated carbocycles. The van der Waals surface area contributed by atoms with Crippen LogP contribution in [0, 0.1) is 0 Å². The van der Waals surface area contributed by atoms with Gasteiger partial charge in [-0.05, 0) is 43.4 Å². The molecular formula is C14H18N2O2. The first kappa shape index (κ1) is 11.7. The third-order valence-electron chi connectivity index (χ3n) is 3.36. The molecule has 1 fully saturated rings. The Balaban J connectivity index is 1.57. The van der Waals surface area contributed by atoms with Gasteiger partial charge < -0.3 is 14.5 Å². The number of ether oxygens (including phenoxy) is 2. The van der Waals surface area contributed by atoms with Gasteiger partial charge in [-0.25, -0.2) is 4.98 Å². The summed E-state index contributed by atoms with van der Waals surface area (Å²) >= 11 is 0. The fourth-order valence-corrected chi connectivity index (χ4v) is 2.38. The highest BCUT2D eigenvalue weighted by Gasteiger charge is 2.13. The van der Waals surface area contributed by atoms with Crippen molar-refractivity contribution in [1.29, 1.82) is 0 Å². The molecule has 4 heteroatoms. The zero-order valence-corrected chi connectivity index (χ0v) is 10.4. The summed E-state index contributed by atoms with van der Waals surface area (Å²) in [7, 11) is 0. The van der Waals surface area contributed by atoms with E-state index in [1.807, 2.05) is 12.4 Å². The Morgan fingerprint density at radius 2 is 2.39 bits per heavy atom. The highest BCUT2D eigenvalue weighted by atomic mass is 16.7. The standard InChI is InChI=1S/C14H18N2O2/c1-2-9-17-13(3-1)18-10-6-11-4-7-15-14-12(11)5-8-16-14/h4-5,7-8,13H,1-3,6,9-10H2,(H,15,16). The molecule has 2 aromatic heterocycles. The molecule has 0 spiro atoms. The van der Waals surface area contributed by atoms with Gasteiger partial charge in [-0.3, -0.25) is 0 Å². The second-order valence-corrected chi connectivity index (χ2v) is 4.63. The van der Waals surface area contributed by atoms with Gasteiger partial charge in [0.15, 0.2) is 6.29 Å². The Morgan fingerprint density at radius 3 is 3.28 bits per heavy atom. The van der Waals surface area contributed by atoms with Crippen molar-refractivity contribution in [2.24, 2.45) is 0 Å². The Bertz CT molecular complexity index is 503. The summed E-state index contributed by atoms with van der Waals surface area (Å²) in [6, 6.07) is 4.12. The molecule has 1 unspecified atom stereocenters. The summed E-state index contributed by atoms with van der Waals surface area (Å²) in [5.41, 5.74) is 2.22. The Morgan fingerprint density at radius 1 is 1.39 bits per heavy atom. The monoisotopic (exact) mass is 246 g/mol. The number of hydrogen-bond donors (Lipinski definition) is 1. The Hall–Kier alpha value is -1.39. The van der Waals surface area contributed by atoms with E-state index < -0.39 is 0 Å². The number of fused-ring (bicyclic) bond motifs is 1. The average molecular weight is 246 g/mol. The molecule has 0 aromatic carbocycles. The zero-order chi connectivity index (χ0) is 12.2. The van der Waals surface area contributed by atoms with Crippen LogP contribution in [0.15, 0.2) is 24.5 Å². The highest BCUT2D eigenvalue weighted by Crippen LogP contribution is 2.17. The minimum absolute atomic E-state index is 0.00213. The SMILES string of the molecule is c1cc(CCOC2CCCCO2)c2cc[nH]c2n1. The van der Waals surface area contributed by atoms with Crippen LogP contribution in [0.5, 0.6) is 0 Å². The molecule has 4 nitrogen and oxygen atoms in total. The molecule has 3 heterocycles. The van der Waals surface area contributed by atoms with Crippen molar-refractivity contribution < 1.29 is 9.47 Å². The van der Waals surface area contributed by atoms with Crippen molar-refractivity contribution >= 4 is 11.0 Å². The lowest BCUT2D eigenvalue weighted by Crippen LogP contribution is -2.23. The molecule has 1 atom stereocenters. The lowest BCUT2D eigenvalue weighted by atomic mass is 10.1. The molecule has 1 aliphatic heterocycles. The van der Waals surface area contributed by atoms with E-state index in [0.717, 1.165) is 31.5 Å². The number of rotatable bonds is 4. The van der Waals surface area contributed by atoms with Crippen molar-refractivity contribution in [1.82, 2.24) is 9.97 Å². The first-order chi connectivity index (χ1) is 8.93. The molecule has 0 aliphatic carbocycles. The van der Waals surface area contributed by atoms with E-state index >= 15 is 0 Å². The number of pyridine rings is 1. The summed E-state index contributed by atoms with van der Waals surface area (Å²) in [4.78, 5) is 7.40. The van der Waals surface area contributed by atoms with E-state index in [1.54, 1.807) is 0 Å². The van der Waals surface area contributed by atoms with Crippen molar-refractivity contribution in [2.45, 2.75) is 32.0 Å². The molecule has 96 valence electrons. The van der Waals surface area contributed by atoms with E-state index in [0.29, 0.717) is 6.61 Å². The maximum atomic E-state index is 5.76. The summed E-state index contributed by atoms with van der Waals surface area (Å²) in [6.45, 7) is 1.54.